The molecule has 0 atom stereocenters. The van der Waals surface area contributed by atoms with E-state index in [-0.39, 0.29) is 5.56 Å². The van der Waals surface area contributed by atoms with Crippen molar-refractivity contribution < 1.29 is 0 Å². The molecular formula is C16H15BrN4O. The molecule has 0 saturated heterocycles. The Balaban J connectivity index is 2.11. The van der Waals surface area contributed by atoms with E-state index >= 15 is 0 Å². The molecule has 5 nitrogen and oxygen atoms in total. The molecule has 0 amide bonds. The molecule has 22 heavy (non-hydrogen) atoms. The van der Waals surface area contributed by atoms with Crippen molar-refractivity contribution in [2.75, 3.05) is 11.2 Å². The minimum Gasteiger partial charge on any atom is -0.333 e. The standard InChI is InChI=1S/C16H15BrN4O/c1-9-3-5-12(7-10(9)2)19-16-20-14-6-4-11(17)8-13(14)15(22)21(16)18/h3-8H,18H2,1-2H3,(H,19,20). The number of halogens is 1. The second-order valence-corrected chi connectivity index (χ2v) is 6.11. The quantitative estimate of drug-likeness (QED) is 0.689. The largest absolute Gasteiger partial charge is 0.333 e. The van der Waals surface area contributed by atoms with Crippen LogP contribution < -0.4 is 16.7 Å². The molecule has 0 radical (unpaired) electrons. The predicted molar refractivity (Wildman–Crippen MR) is 93.1 cm³/mol. The van der Waals surface area contributed by atoms with Gasteiger partial charge in [0.15, 0.2) is 0 Å². The third-order valence-electron chi connectivity index (χ3n) is 3.63. The molecular weight excluding hydrogens is 344 g/mol. The van der Waals surface area contributed by atoms with E-state index in [0.717, 1.165) is 20.4 Å². The van der Waals surface area contributed by atoms with Gasteiger partial charge in [-0.15, -0.1) is 0 Å². The van der Waals surface area contributed by atoms with Crippen LogP contribution in [0.25, 0.3) is 10.9 Å². The van der Waals surface area contributed by atoms with Crippen LogP contribution in [0.15, 0.2) is 45.7 Å². The number of hydrogen-bond acceptors (Lipinski definition) is 4. The lowest BCUT2D eigenvalue weighted by molar-refractivity contribution is 0.926. The van der Waals surface area contributed by atoms with E-state index in [1.807, 2.05) is 38.1 Å². The fraction of sp³-hybridized carbons (Fsp3) is 0.125. The third-order valence-corrected chi connectivity index (χ3v) is 4.12. The molecule has 0 spiro atoms. The summed E-state index contributed by atoms with van der Waals surface area (Å²) in [5.74, 6) is 6.19. The Bertz CT molecular complexity index is 933. The van der Waals surface area contributed by atoms with E-state index in [1.54, 1.807) is 12.1 Å². The van der Waals surface area contributed by atoms with Gasteiger partial charge in [0.1, 0.15) is 0 Å². The number of benzene rings is 2. The van der Waals surface area contributed by atoms with Gasteiger partial charge in [0, 0.05) is 10.2 Å². The Kier molecular flexibility index (Phi) is 3.62. The third kappa shape index (κ3) is 2.57. The first-order chi connectivity index (χ1) is 10.5. The molecule has 0 bridgehead atoms. The van der Waals surface area contributed by atoms with Crippen LogP contribution in [0.5, 0.6) is 0 Å². The summed E-state index contributed by atoms with van der Waals surface area (Å²) in [6.45, 7) is 4.07. The Morgan fingerprint density at radius 3 is 2.64 bits per heavy atom. The van der Waals surface area contributed by atoms with Gasteiger partial charge in [-0.2, -0.15) is 4.68 Å². The zero-order chi connectivity index (χ0) is 15.9. The molecule has 3 rings (SSSR count). The first-order valence-electron chi connectivity index (χ1n) is 6.77. The van der Waals surface area contributed by atoms with E-state index in [9.17, 15) is 4.79 Å². The molecule has 6 heteroatoms. The molecule has 0 aliphatic carbocycles. The summed E-state index contributed by atoms with van der Waals surface area (Å²) < 4.78 is 1.85. The summed E-state index contributed by atoms with van der Waals surface area (Å²) in [5, 5.41) is 3.58. The number of aryl methyl sites for hydroxylation is 2. The number of fused-ring (bicyclic) bond motifs is 1. The predicted octanol–water partition coefficient (Wildman–Crippen LogP) is 3.23. The van der Waals surface area contributed by atoms with E-state index in [0.29, 0.717) is 16.9 Å². The molecule has 2 aromatic carbocycles. The number of nitrogens with two attached hydrogens (primary N) is 1. The van der Waals surface area contributed by atoms with Crippen molar-refractivity contribution in [2.45, 2.75) is 13.8 Å². The summed E-state index contributed by atoms with van der Waals surface area (Å²) in [4.78, 5) is 16.8. The highest BCUT2D eigenvalue weighted by atomic mass is 79.9. The molecule has 0 aliphatic heterocycles. The first kappa shape index (κ1) is 14.6. The number of nitrogens with zero attached hydrogens (tertiary/aromatic N) is 2. The van der Waals surface area contributed by atoms with Crippen molar-refractivity contribution in [1.82, 2.24) is 9.66 Å². The smallest absolute Gasteiger partial charge is 0.281 e. The highest BCUT2D eigenvalue weighted by molar-refractivity contribution is 9.10. The molecule has 1 heterocycles. The van der Waals surface area contributed by atoms with Crippen LogP contribution in [0.2, 0.25) is 0 Å². The van der Waals surface area contributed by atoms with Crippen molar-refractivity contribution in [3.8, 4) is 0 Å². The van der Waals surface area contributed by atoms with Gasteiger partial charge < -0.3 is 11.2 Å². The van der Waals surface area contributed by atoms with Crippen LogP contribution in [0.1, 0.15) is 11.1 Å². The molecule has 0 saturated carbocycles. The Labute approximate surface area is 135 Å². The van der Waals surface area contributed by atoms with Crippen molar-refractivity contribution in [3.63, 3.8) is 0 Å². The number of anilines is 2. The molecule has 3 N–H and O–H groups in total. The highest BCUT2D eigenvalue weighted by Crippen LogP contribution is 2.20. The number of nitrogen functional groups attached to an aromatic ring is 1. The Hall–Kier alpha value is -2.34. The van der Waals surface area contributed by atoms with Gasteiger partial charge in [0.25, 0.3) is 5.56 Å². The van der Waals surface area contributed by atoms with E-state index in [4.69, 9.17) is 5.84 Å². The summed E-state index contributed by atoms with van der Waals surface area (Å²) in [6.07, 6.45) is 0. The Morgan fingerprint density at radius 2 is 1.91 bits per heavy atom. The van der Waals surface area contributed by atoms with Gasteiger partial charge in [0.2, 0.25) is 5.95 Å². The average Bonchev–Trinajstić information content (AvgIpc) is 2.49. The number of nitrogens with one attached hydrogen (secondary N) is 1. The molecule has 0 fully saturated rings. The van der Waals surface area contributed by atoms with Gasteiger partial charge in [-0.25, -0.2) is 4.98 Å². The number of rotatable bonds is 2. The van der Waals surface area contributed by atoms with Gasteiger partial charge in [0.05, 0.1) is 10.9 Å². The molecule has 0 unspecified atom stereocenters. The van der Waals surface area contributed by atoms with Crippen molar-refractivity contribution >= 4 is 38.5 Å². The zero-order valence-corrected chi connectivity index (χ0v) is 13.8. The second-order valence-electron chi connectivity index (χ2n) is 5.20. The summed E-state index contributed by atoms with van der Waals surface area (Å²) >= 11 is 3.35. The fourth-order valence-electron chi connectivity index (χ4n) is 2.21. The van der Waals surface area contributed by atoms with Gasteiger partial charge >= 0.3 is 0 Å². The molecule has 3 aromatic rings. The fourth-order valence-corrected chi connectivity index (χ4v) is 2.57. The summed E-state index contributed by atoms with van der Waals surface area (Å²) in [6, 6.07) is 11.3. The van der Waals surface area contributed by atoms with Crippen LogP contribution in [-0.2, 0) is 0 Å². The van der Waals surface area contributed by atoms with Crippen LogP contribution in [0, 0.1) is 13.8 Å². The lowest BCUT2D eigenvalue weighted by Crippen LogP contribution is -2.30. The van der Waals surface area contributed by atoms with Gasteiger partial charge in [-0.3, -0.25) is 4.79 Å². The molecule has 1 aromatic heterocycles. The monoisotopic (exact) mass is 358 g/mol. The van der Waals surface area contributed by atoms with Gasteiger partial charge in [-0.1, -0.05) is 22.0 Å². The lowest BCUT2D eigenvalue weighted by atomic mass is 10.1. The number of aromatic nitrogens is 2. The average molecular weight is 359 g/mol. The first-order valence-corrected chi connectivity index (χ1v) is 7.56. The van der Waals surface area contributed by atoms with Crippen LogP contribution >= 0.6 is 15.9 Å². The van der Waals surface area contributed by atoms with Crippen molar-refractivity contribution in [1.29, 1.82) is 0 Å². The SMILES string of the molecule is Cc1ccc(Nc2nc3ccc(Br)cc3c(=O)n2N)cc1C. The van der Waals surface area contributed by atoms with E-state index < -0.39 is 0 Å². The Morgan fingerprint density at radius 1 is 1.14 bits per heavy atom. The highest BCUT2D eigenvalue weighted by Gasteiger charge is 2.10. The minimum absolute atomic E-state index is 0.294. The maximum atomic E-state index is 12.3. The molecule has 112 valence electrons. The normalized spacial score (nSPS) is 10.9. The van der Waals surface area contributed by atoms with Crippen molar-refractivity contribution in [2.24, 2.45) is 0 Å². The summed E-state index contributed by atoms with van der Waals surface area (Å²) in [7, 11) is 0. The van der Waals surface area contributed by atoms with Crippen LogP contribution in [0.3, 0.4) is 0 Å². The second kappa shape index (κ2) is 5.46. The van der Waals surface area contributed by atoms with Crippen molar-refractivity contribution in [3.05, 3.63) is 62.4 Å². The topological polar surface area (TPSA) is 72.9 Å². The molecule has 0 aliphatic rings. The van der Waals surface area contributed by atoms with Crippen LogP contribution in [0.4, 0.5) is 11.6 Å². The number of hydrogen-bond donors (Lipinski definition) is 2. The maximum absolute atomic E-state index is 12.3. The lowest BCUT2D eigenvalue weighted by Gasteiger charge is -2.12. The maximum Gasteiger partial charge on any atom is 0.281 e. The zero-order valence-electron chi connectivity index (χ0n) is 12.2. The van der Waals surface area contributed by atoms with E-state index in [1.165, 1.54) is 5.56 Å². The minimum atomic E-state index is -0.294. The summed E-state index contributed by atoms with van der Waals surface area (Å²) in [5.41, 5.74) is 3.50. The van der Waals surface area contributed by atoms with Gasteiger partial charge in [-0.05, 0) is 55.3 Å². The van der Waals surface area contributed by atoms with Crippen LogP contribution in [-0.4, -0.2) is 9.66 Å². The van der Waals surface area contributed by atoms with E-state index in [2.05, 4.69) is 26.2 Å².